The van der Waals surface area contributed by atoms with E-state index in [0.717, 1.165) is 39.9 Å². The van der Waals surface area contributed by atoms with Crippen molar-refractivity contribution in [1.29, 1.82) is 0 Å². The van der Waals surface area contributed by atoms with Crippen molar-refractivity contribution < 1.29 is 9.47 Å². The first-order valence-electron chi connectivity index (χ1n) is 10.3. The Morgan fingerprint density at radius 2 is 1.76 bits per heavy atom. The molecule has 0 fully saturated rings. The van der Waals surface area contributed by atoms with Gasteiger partial charge in [-0.1, -0.05) is 66.0 Å². The second-order valence-electron chi connectivity index (χ2n) is 7.71. The topological polar surface area (TPSA) is 18.5 Å². The van der Waals surface area contributed by atoms with Crippen LogP contribution in [0.3, 0.4) is 0 Å². The third-order valence-electron chi connectivity index (χ3n) is 5.72. The third-order valence-corrected chi connectivity index (χ3v) is 6.22. The van der Waals surface area contributed by atoms with Crippen LogP contribution in [0.2, 0.25) is 0 Å². The Hall–Kier alpha value is -2.52. The molecule has 2 aliphatic rings. The van der Waals surface area contributed by atoms with E-state index in [2.05, 4.69) is 83.5 Å². The van der Waals surface area contributed by atoms with E-state index in [0.29, 0.717) is 0 Å². The van der Waals surface area contributed by atoms with Crippen LogP contribution in [0.5, 0.6) is 11.5 Å². The largest absolute Gasteiger partial charge is 0.444 e. The Labute approximate surface area is 180 Å². The van der Waals surface area contributed by atoms with Gasteiger partial charge in [-0.15, -0.1) is 0 Å². The minimum Gasteiger partial charge on any atom is -0.444 e. The highest BCUT2D eigenvalue weighted by Gasteiger charge is 2.42. The number of rotatable bonds is 4. The maximum atomic E-state index is 6.61. The first-order chi connectivity index (χ1) is 14.2. The van der Waals surface area contributed by atoms with Crippen molar-refractivity contribution >= 4 is 38.9 Å². The number of hydrogen-bond acceptors (Lipinski definition) is 2. The van der Waals surface area contributed by atoms with Crippen LogP contribution in [-0.4, -0.2) is 5.79 Å². The summed E-state index contributed by atoms with van der Waals surface area (Å²) in [5.74, 6) is 0.846. The lowest BCUT2D eigenvalue weighted by atomic mass is 9.90. The van der Waals surface area contributed by atoms with Crippen LogP contribution in [0.1, 0.15) is 43.7 Å². The molecule has 0 amide bonds. The first-order valence-corrected chi connectivity index (χ1v) is 11.1. The maximum Gasteiger partial charge on any atom is 0.294 e. The van der Waals surface area contributed by atoms with Crippen molar-refractivity contribution in [3.05, 3.63) is 81.8 Å². The van der Waals surface area contributed by atoms with Gasteiger partial charge in [0.1, 0.15) is 11.5 Å². The van der Waals surface area contributed by atoms with Gasteiger partial charge in [-0.2, -0.15) is 0 Å². The van der Waals surface area contributed by atoms with Gasteiger partial charge in [-0.05, 0) is 60.0 Å². The smallest absolute Gasteiger partial charge is 0.294 e. The standard InChI is InChI=1S/C26H23BrO2/c1-2-3-4-8-20-16-19-17-21(27)11-13-24(19)28-26(20)15-14-23-22-9-6-5-7-18(22)10-12-25(23)29-26/h5-7,9-17H,2-4,8H2,1H3. The third kappa shape index (κ3) is 3.28. The molecule has 5 rings (SSSR count). The summed E-state index contributed by atoms with van der Waals surface area (Å²) in [6.45, 7) is 2.23. The molecule has 146 valence electrons. The number of benzene rings is 3. The van der Waals surface area contributed by atoms with E-state index in [1.807, 2.05) is 12.1 Å². The Morgan fingerprint density at radius 1 is 0.931 bits per heavy atom. The van der Waals surface area contributed by atoms with Gasteiger partial charge in [0.2, 0.25) is 0 Å². The van der Waals surface area contributed by atoms with Crippen molar-refractivity contribution in [3.63, 3.8) is 0 Å². The lowest BCUT2D eigenvalue weighted by Gasteiger charge is -2.40. The van der Waals surface area contributed by atoms with Crippen molar-refractivity contribution in [2.24, 2.45) is 0 Å². The molecule has 2 heterocycles. The Morgan fingerprint density at radius 3 is 2.66 bits per heavy atom. The van der Waals surface area contributed by atoms with Gasteiger partial charge >= 0.3 is 0 Å². The number of fused-ring (bicyclic) bond motifs is 4. The van der Waals surface area contributed by atoms with E-state index >= 15 is 0 Å². The lowest BCUT2D eigenvalue weighted by molar-refractivity contribution is -0.0437. The van der Waals surface area contributed by atoms with E-state index < -0.39 is 5.79 Å². The minimum absolute atomic E-state index is 0.848. The van der Waals surface area contributed by atoms with Crippen LogP contribution in [0.4, 0.5) is 0 Å². The van der Waals surface area contributed by atoms with Crippen molar-refractivity contribution in [1.82, 2.24) is 0 Å². The van der Waals surface area contributed by atoms with Gasteiger partial charge in [-0.25, -0.2) is 0 Å². The van der Waals surface area contributed by atoms with Crippen molar-refractivity contribution in [3.8, 4) is 11.5 Å². The van der Waals surface area contributed by atoms with Crippen LogP contribution in [0.15, 0.2) is 70.7 Å². The quantitative estimate of drug-likeness (QED) is 0.381. The summed E-state index contributed by atoms with van der Waals surface area (Å²) in [4.78, 5) is 0. The highest BCUT2D eigenvalue weighted by atomic mass is 79.9. The number of halogens is 1. The Bertz CT molecular complexity index is 1140. The average molecular weight is 447 g/mol. The van der Waals surface area contributed by atoms with Crippen LogP contribution < -0.4 is 9.47 Å². The zero-order valence-corrected chi connectivity index (χ0v) is 18.0. The molecule has 29 heavy (non-hydrogen) atoms. The van der Waals surface area contributed by atoms with Gasteiger partial charge in [0.15, 0.2) is 0 Å². The van der Waals surface area contributed by atoms with Crippen LogP contribution in [-0.2, 0) is 0 Å². The fourth-order valence-corrected chi connectivity index (χ4v) is 4.59. The fraction of sp³-hybridized carbons (Fsp3) is 0.231. The average Bonchev–Trinajstić information content (AvgIpc) is 2.74. The summed E-state index contributed by atoms with van der Waals surface area (Å²) in [6, 6.07) is 18.7. The molecule has 0 N–H and O–H groups in total. The normalized spacial score (nSPS) is 19.3. The monoisotopic (exact) mass is 446 g/mol. The van der Waals surface area contributed by atoms with Gasteiger partial charge in [0.25, 0.3) is 5.79 Å². The summed E-state index contributed by atoms with van der Waals surface area (Å²) >= 11 is 3.58. The van der Waals surface area contributed by atoms with E-state index in [4.69, 9.17) is 9.47 Å². The Kier molecular flexibility index (Phi) is 4.71. The van der Waals surface area contributed by atoms with Gasteiger partial charge in [0.05, 0.1) is 0 Å². The lowest BCUT2D eigenvalue weighted by Crippen LogP contribution is -2.45. The molecule has 0 aromatic heterocycles. The van der Waals surface area contributed by atoms with Crippen LogP contribution >= 0.6 is 15.9 Å². The van der Waals surface area contributed by atoms with Gasteiger partial charge < -0.3 is 9.47 Å². The number of ether oxygens (including phenoxy) is 2. The number of unbranched alkanes of at least 4 members (excludes halogenated alkanes) is 2. The highest BCUT2D eigenvalue weighted by molar-refractivity contribution is 9.10. The zero-order chi connectivity index (χ0) is 19.8. The molecule has 0 radical (unpaired) electrons. The summed E-state index contributed by atoms with van der Waals surface area (Å²) < 4.78 is 14.2. The van der Waals surface area contributed by atoms with Gasteiger partial charge in [0, 0.05) is 27.2 Å². The molecule has 2 aliphatic heterocycles. The molecule has 1 spiro atoms. The summed E-state index contributed by atoms with van der Waals surface area (Å²) in [5, 5.41) is 2.42. The summed E-state index contributed by atoms with van der Waals surface area (Å²) in [5.41, 5.74) is 3.39. The van der Waals surface area contributed by atoms with Crippen molar-refractivity contribution in [2.45, 2.75) is 38.4 Å². The van der Waals surface area contributed by atoms with E-state index in [1.54, 1.807) is 0 Å². The Balaban J connectivity index is 1.59. The predicted octanol–water partition coefficient (Wildman–Crippen LogP) is 7.76. The maximum absolute atomic E-state index is 6.61. The van der Waals surface area contributed by atoms with E-state index in [9.17, 15) is 0 Å². The molecule has 1 unspecified atom stereocenters. The predicted molar refractivity (Wildman–Crippen MR) is 123 cm³/mol. The van der Waals surface area contributed by atoms with E-state index in [-0.39, 0.29) is 0 Å². The molecule has 3 aromatic carbocycles. The highest BCUT2D eigenvalue weighted by Crippen LogP contribution is 2.45. The minimum atomic E-state index is -0.871. The zero-order valence-electron chi connectivity index (χ0n) is 16.5. The SMILES string of the molecule is CCCCCC1=Cc2cc(Br)ccc2OC12C=Cc1c(ccc3ccccc13)O2. The summed E-state index contributed by atoms with van der Waals surface area (Å²) in [6.07, 6.45) is 11.0. The van der Waals surface area contributed by atoms with Crippen LogP contribution in [0.25, 0.3) is 22.9 Å². The molecule has 0 saturated heterocycles. The molecule has 3 aromatic rings. The van der Waals surface area contributed by atoms with Gasteiger partial charge in [-0.3, -0.25) is 0 Å². The van der Waals surface area contributed by atoms with E-state index in [1.165, 1.54) is 29.2 Å². The molecule has 0 bridgehead atoms. The number of hydrogen-bond donors (Lipinski definition) is 0. The molecular formula is C26H23BrO2. The van der Waals surface area contributed by atoms with Crippen molar-refractivity contribution in [2.75, 3.05) is 0 Å². The molecule has 3 heteroatoms. The second kappa shape index (κ2) is 7.38. The molecular weight excluding hydrogens is 424 g/mol. The first kappa shape index (κ1) is 18.5. The second-order valence-corrected chi connectivity index (χ2v) is 8.63. The summed E-state index contributed by atoms with van der Waals surface area (Å²) in [7, 11) is 0. The molecule has 2 nitrogen and oxygen atoms in total. The van der Waals surface area contributed by atoms with Crippen LogP contribution in [0, 0.1) is 0 Å². The molecule has 1 atom stereocenters. The fourth-order valence-electron chi connectivity index (χ4n) is 4.21. The molecule has 0 aliphatic carbocycles. The molecule has 0 saturated carbocycles.